The number of carbonyl (C=O) groups excluding carboxylic acids is 2. The quantitative estimate of drug-likeness (QED) is 0.371. The molecule has 3 N–H and O–H groups in total. The van der Waals surface area contributed by atoms with Crippen molar-refractivity contribution in [2.45, 2.75) is 18.3 Å². The Morgan fingerprint density at radius 2 is 1.89 bits per heavy atom. The zero-order chi connectivity index (χ0) is 13.3. The third-order valence-corrected chi connectivity index (χ3v) is 3.42. The van der Waals surface area contributed by atoms with Gasteiger partial charge in [-0.15, -0.1) is 0 Å². The molecule has 0 aliphatic heterocycles. The Bertz CT molecular complexity index is 526. The van der Waals surface area contributed by atoms with Crippen LogP contribution in [0.25, 0.3) is 0 Å². The maximum absolute atomic E-state index is 12.0. The summed E-state index contributed by atoms with van der Waals surface area (Å²) in [5, 5.41) is 2.78. The number of benzene rings is 1. The highest BCUT2D eigenvalue weighted by Crippen LogP contribution is 2.48. The molecule has 0 radical (unpaired) electrons. The van der Waals surface area contributed by atoms with Gasteiger partial charge in [-0.2, -0.15) is 10.1 Å². The van der Waals surface area contributed by atoms with Gasteiger partial charge in [-0.1, -0.05) is 23.7 Å². The largest absolute Gasteiger partial charge is 0.534 e. The summed E-state index contributed by atoms with van der Waals surface area (Å²) in [5.41, 5.74) is 0.191. The zero-order valence-corrected chi connectivity index (χ0v) is 10.9. The van der Waals surface area contributed by atoms with E-state index >= 15 is 0 Å². The van der Waals surface area contributed by atoms with Crippen LogP contribution in [0.5, 0.6) is 0 Å². The zero-order valence-electron chi connectivity index (χ0n) is 9.35. The van der Waals surface area contributed by atoms with Crippen molar-refractivity contribution >= 4 is 36.0 Å². The lowest BCUT2D eigenvalue weighted by atomic mass is 9.95. The molecule has 0 heterocycles. The van der Waals surface area contributed by atoms with Crippen molar-refractivity contribution in [2.75, 3.05) is 0 Å². The number of urea groups is 1. The van der Waals surface area contributed by atoms with Crippen molar-refractivity contribution in [1.29, 1.82) is 0 Å². The van der Waals surface area contributed by atoms with E-state index in [9.17, 15) is 9.59 Å². The number of hydrogen-bond donors (Lipinski definition) is 2. The second-order valence-corrected chi connectivity index (χ2v) is 5.00. The highest BCUT2D eigenvalue weighted by molar-refractivity contribution is 7.44. The Kier molecular flexibility index (Phi) is 3.32. The Balaban J connectivity index is 2.17. The first-order valence-corrected chi connectivity index (χ1v) is 6.03. The molecule has 1 aromatic rings. The summed E-state index contributed by atoms with van der Waals surface area (Å²) in [6, 6.07) is 6.21. The van der Waals surface area contributed by atoms with E-state index in [-0.39, 0.29) is 5.91 Å². The number of amides is 3. The van der Waals surface area contributed by atoms with E-state index in [0.717, 1.165) is 5.56 Å². The lowest BCUT2D eigenvalue weighted by molar-refractivity contribution is -0.408. The molecule has 0 spiro atoms. The number of rotatable bonds is 2. The van der Waals surface area contributed by atoms with Crippen LogP contribution in [0.1, 0.15) is 18.4 Å². The highest BCUT2D eigenvalue weighted by atomic mass is 35.5. The molecule has 0 aromatic heterocycles. The van der Waals surface area contributed by atoms with Crippen molar-refractivity contribution < 1.29 is 13.6 Å². The summed E-state index contributed by atoms with van der Waals surface area (Å²) in [5.74, 6) is 4.69. The molecule has 1 fully saturated rings. The molecule has 7 heteroatoms. The van der Waals surface area contributed by atoms with Crippen molar-refractivity contribution in [3.63, 3.8) is 0 Å². The van der Waals surface area contributed by atoms with Crippen LogP contribution >= 0.6 is 11.6 Å². The van der Waals surface area contributed by atoms with Crippen molar-refractivity contribution in [2.24, 2.45) is 5.84 Å². The maximum atomic E-state index is 12.0. The fourth-order valence-electron chi connectivity index (χ4n) is 1.81. The molecule has 1 aliphatic rings. The van der Waals surface area contributed by atoms with Crippen LogP contribution in [0.2, 0.25) is 5.02 Å². The van der Waals surface area contributed by atoms with Gasteiger partial charge in [0.1, 0.15) is 0 Å². The van der Waals surface area contributed by atoms with Gasteiger partial charge in [-0.05, 0) is 34.6 Å². The van der Waals surface area contributed by atoms with E-state index in [1.54, 1.807) is 24.3 Å². The highest BCUT2D eigenvalue weighted by Gasteiger charge is 2.54. The molecule has 1 saturated carbocycles. The minimum atomic E-state index is -0.796. The van der Waals surface area contributed by atoms with Crippen molar-refractivity contribution in [3.8, 4) is 0 Å². The number of halogens is 1. The van der Waals surface area contributed by atoms with Crippen molar-refractivity contribution in [3.05, 3.63) is 34.9 Å². The third-order valence-electron chi connectivity index (χ3n) is 3.00. The van der Waals surface area contributed by atoms with Crippen molar-refractivity contribution in [1.82, 2.24) is 5.32 Å². The predicted octanol–water partition coefficient (Wildman–Crippen LogP) is 1.22. The van der Waals surface area contributed by atoms with Gasteiger partial charge in [0.2, 0.25) is 0 Å². The summed E-state index contributed by atoms with van der Waals surface area (Å²) in [6.45, 7) is 0. The Labute approximate surface area is 114 Å². The molecule has 1 aromatic carbocycles. The first-order chi connectivity index (χ1) is 8.45. The fourth-order valence-corrected chi connectivity index (χ4v) is 1.98. The number of nitrogens with two attached hydrogens (primary N) is 1. The summed E-state index contributed by atoms with van der Waals surface area (Å²) in [6.07, 6.45) is 1.38. The van der Waals surface area contributed by atoms with Crippen LogP contribution in [-0.4, -0.2) is 16.0 Å². The topological polar surface area (TPSA) is 75.2 Å². The van der Waals surface area contributed by atoms with Crippen LogP contribution in [0.3, 0.4) is 0 Å². The summed E-state index contributed by atoms with van der Waals surface area (Å²) < 4.78 is 0.426. The minimum Gasteiger partial charge on any atom is -0.254 e. The second kappa shape index (κ2) is 4.62. The van der Waals surface area contributed by atoms with E-state index in [1.807, 2.05) is 0 Å². The Hall–Kier alpha value is -1.53. The van der Waals surface area contributed by atoms with Gasteiger partial charge in [-0.25, -0.2) is 4.79 Å². The molecule has 0 unspecified atom stereocenters. The average Bonchev–Trinajstić information content (AvgIpc) is 3.11. The fraction of sp³-hybridized carbons (Fsp3) is 0.273. The lowest BCUT2D eigenvalue weighted by Gasteiger charge is -2.10. The number of imide groups is 1. The molecule has 0 bridgehead atoms. The van der Waals surface area contributed by atoms with Gasteiger partial charge >= 0.3 is 11.9 Å². The number of nitrogens with zero attached hydrogens (tertiary/aromatic N) is 1. The molecule has 0 saturated heterocycles. The van der Waals surface area contributed by atoms with Crippen LogP contribution in [-0.2, 0) is 22.6 Å². The van der Waals surface area contributed by atoms with Gasteiger partial charge in [-0.3, -0.25) is 5.84 Å². The number of nitrogens with one attached hydrogen (secondary N) is 1. The molecule has 0 atom stereocenters. The van der Waals surface area contributed by atoms with Crippen LogP contribution in [0, 0.1) is 0 Å². The smallest absolute Gasteiger partial charge is 0.254 e. The molecular weight excluding hydrogens is 274 g/mol. The van der Waals surface area contributed by atoms with Crippen LogP contribution in [0.15, 0.2) is 24.3 Å². The van der Waals surface area contributed by atoms with Gasteiger partial charge in [0, 0.05) is 5.02 Å². The average molecular weight is 285 g/mol. The van der Waals surface area contributed by atoms with E-state index in [1.165, 1.54) is 0 Å². The number of hydrogen-bond acceptors (Lipinski definition) is 3. The van der Waals surface area contributed by atoms with E-state index in [0.29, 0.717) is 21.9 Å². The summed E-state index contributed by atoms with van der Waals surface area (Å²) in [7, 11) is 0. The molecule has 94 valence electrons. The normalized spacial score (nSPS) is 15.8. The van der Waals surface area contributed by atoms with Gasteiger partial charge < -0.3 is 0 Å². The standard InChI is InChI=1S/C11H10ClN3O2S/c12-8-3-1-7(2-4-8)11(5-6-11)9(16)14-10(17)15(13)18/h1-4H,5-6H2,(H2-,13,14,16,17,18)/p+1. The molecule has 3 amide bonds. The molecule has 5 nitrogen and oxygen atoms in total. The lowest BCUT2D eigenvalue weighted by Crippen LogP contribution is -2.44. The SMILES string of the molecule is N[N+](=S)C(=O)NC(=O)C1(c2ccc(Cl)cc2)CC1. The van der Waals surface area contributed by atoms with E-state index < -0.39 is 11.4 Å². The monoisotopic (exact) mass is 284 g/mol. The Morgan fingerprint density at radius 1 is 1.33 bits per heavy atom. The first-order valence-electron chi connectivity index (χ1n) is 5.29. The molecule has 1 aliphatic carbocycles. The van der Waals surface area contributed by atoms with Crippen LogP contribution < -0.4 is 11.2 Å². The number of hydrazine groups is 1. The van der Waals surface area contributed by atoms with E-state index in [4.69, 9.17) is 17.4 Å². The summed E-state index contributed by atoms with van der Waals surface area (Å²) >= 11 is 10.2. The second-order valence-electron chi connectivity index (χ2n) is 4.17. The van der Waals surface area contributed by atoms with Gasteiger partial charge in [0.25, 0.3) is 0 Å². The van der Waals surface area contributed by atoms with Gasteiger partial charge in [0.05, 0.1) is 5.41 Å². The first kappa shape index (κ1) is 12.9. The molecular formula is C11H11ClN3O2S+. The Morgan fingerprint density at radius 3 is 2.33 bits per heavy atom. The molecule has 2 rings (SSSR count). The van der Waals surface area contributed by atoms with Crippen LogP contribution in [0.4, 0.5) is 4.79 Å². The maximum Gasteiger partial charge on any atom is 0.534 e. The summed E-state index contributed by atoms with van der Waals surface area (Å²) in [4.78, 5) is 23.3. The third kappa shape index (κ3) is 2.34. The van der Waals surface area contributed by atoms with E-state index in [2.05, 4.69) is 17.7 Å². The van der Waals surface area contributed by atoms with Gasteiger partial charge in [0.15, 0.2) is 12.4 Å². The number of carbonyl (C=O) groups is 2. The predicted molar refractivity (Wildman–Crippen MR) is 67.7 cm³/mol. The minimum absolute atomic E-state index is 0.380. The molecule has 18 heavy (non-hydrogen) atoms.